The molecule has 2 aromatic carbocycles. The number of ether oxygens (including phenoxy) is 2. The van der Waals surface area contributed by atoms with Crippen LogP contribution in [0.25, 0.3) is 0 Å². The normalized spacial score (nSPS) is 16.3. The molecule has 30 heavy (non-hydrogen) atoms. The first-order chi connectivity index (χ1) is 14.5. The number of carbonyl (C=O) groups excluding carboxylic acids is 2. The molecule has 1 amide bonds. The van der Waals surface area contributed by atoms with E-state index in [0.717, 1.165) is 17.8 Å². The molecule has 0 atom stereocenters. The number of hydrogen-bond donors (Lipinski definition) is 1. The molecule has 0 spiro atoms. The molecule has 0 bridgehead atoms. The third kappa shape index (κ3) is 5.68. The summed E-state index contributed by atoms with van der Waals surface area (Å²) in [4.78, 5) is 23.2. The van der Waals surface area contributed by atoms with Gasteiger partial charge in [-0.25, -0.2) is 9.18 Å². The van der Waals surface area contributed by atoms with Crippen LogP contribution in [-0.2, 0) is 20.9 Å². The molecule has 7 nitrogen and oxygen atoms in total. The molecular formula is C20H15ClFN3O4S. The Morgan fingerprint density at radius 2 is 2.10 bits per heavy atom. The van der Waals surface area contributed by atoms with E-state index in [1.54, 1.807) is 30.3 Å². The zero-order valence-corrected chi connectivity index (χ0v) is 17.2. The molecule has 1 saturated heterocycles. The van der Waals surface area contributed by atoms with E-state index in [0.29, 0.717) is 16.9 Å². The number of nitrogens with zero attached hydrogens (tertiary/aromatic N) is 2. The average Bonchev–Trinajstić information content (AvgIpc) is 3.07. The van der Waals surface area contributed by atoms with Gasteiger partial charge >= 0.3 is 5.97 Å². The van der Waals surface area contributed by atoms with Crippen molar-refractivity contribution in [2.24, 2.45) is 10.2 Å². The molecule has 0 radical (unpaired) electrons. The molecule has 0 saturated carbocycles. The summed E-state index contributed by atoms with van der Waals surface area (Å²) in [5.41, 5.74) is 1.28. The molecule has 10 heteroatoms. The fourth-order valence-corrected chi connectivity index (χ4v) is 3.26. The summed E-state index contributed by atoms with van der Waals surface area (Å²) >= 11 is 6.99. The number of benzene rings is 2. The molecule has 2 aromatic rings. The highest BCUT2D eigenvalue weighted by molar-refractivity contribution is 8.18. The topological polar surface area (TPSA) is 89.3 Å². The lowest BCUT2D eigenvalue weighted by Gasteiger charge is -2.10. The summed E-state index contributed by atoms with van der Waals surface area (Å²) < 4.78 is 23.4. The quantitative estimate of drug-likeness (QED) is 0.316. The van der Waals surface area contributed by atoms with E-state index in [1.807, 2.05) is 0 Å². The van der Waals surface area contributed by atoms with Crippen molar-refractivity contribution in [1.82, 2.24) is 5.32 Å². The Hall–Kier alpha value is -3.17. The first-order valence-electron chi connectivity index (χ1n) is 8.52. The zero-order chi connectivity index (χ0) is 21.5. The van der Waals surface area contributed by atoms with Gasteiger partial charge in [0.15, 0.2) is 5.17 Å². The Balaban J connectivity index is 1.68. The van der Waals surface area contributed by atoms with Crippen LogP contribution in [-0.4, -0.2) is 30.4 Å². The average molecular weight is 448 g/mol. The highest BCUT2D eigenvalue weighted by Gasteiger charge is 2.25. The molecule has 1 heterocycles. The van der Waals surface area contributed by atoms with Gasteiger partial charge in [-0.2, -0.15) is 5.10 Å². The molecule has 0 aliphatic carbocycles. The van der Waals surface area contributed by atoms with Crippen LogP contribution < -0.4 is 10.1 Å². The molecule has 1 fully saturated rings. The van der Waals surface area contributed by atoms with Gasteiger partial charge in [-0.1, -0.05) is 29.8 Å². The summed E-state index contributed by atoms with van der Waals surface area (Å²) in [5.74, 6) is -0.989. The number of amidine groups is 1. The summed E-state index contributed by atoms with van der Waals surface area (Å²) in [6, 6.07) is 11.2. The SMILES string of the molecule is COC(=O)/C=C1/S/C(=N\N=Cc2ccccc2OCc2ccc(F)cc2Cl)NC1=O. The fraction of sp³-hybridized carbons (Fsp3) is 0.100. The zero-order valence-electron chi connectivity index (χ0n) is 15.6. The maximum atomic E-state index is 13.2. The number of halogens is 2. The van der Waals surface area contributed by atoms with Gasteiger partial charge in [0.1, 0.15) is 18.2 Å². The maximum Gasteiger partial charge on any atom is 0.331 e. The third-order valence-corrected chi connectivity index (χ3v) is 5.02. The van der Waals surface area contributed by atoms with Gasteiger partial charge in [0.2, 0.25) is 0 Å². The van der Waals surface area contributed by atoms with Crippen molar-refractivity contribution >= 4 is 46.6 Å². The summed E-state index contributed by atoms with van der Waals surface area (Å²) in [6.45, 7) is 0.145. The van der Waals surface area contributed by atoms with Crippen molar-refractivity contribution in [3.05, 3.63) is 75.4 Å². The predicted molar refractivity (Wildman–Crippen MR) is 113 cm³/mol. The Labute approximate surface area is 180 Å². The molecule has 1 N–H and O–H groups in total. The van der Waals surface area contributed by atoms with Crippen LogP contribution in [0.4, 0.5) is 4.39 Å². The Bertz CT molecular complexity index is 1070. The van der Waals surface area contributed by atoms with Crippen LogP contribution in [0, 0.1) is 5.82 Å². The molecule has 0 aromatic heterocycles. The molecule has 1 aliphatic heterocycles. The van der Waals surface area contributed by atoms with Gasteiger partial charge in [-0.05, 0) is 36.0 Å². The number of methoxy groups -OCH3 is 1. The van der Waals surface area contributed by atoms with Crippen molar-refractivity contribution < 1.29 is 23.5 Å². The maximum absolute atomic E-state index is 13.2. The minimum Gasteiger partial charge on any atom is -0.488 e. The molecule has 0 unspecified atom stereocenters. The highest BCUT2D eigenvalue weighted by atomic mass is 35.5. The van der Waals surface area contributed by atoms with E-state index < -0.39 is 17.7 Å². The summed E-state index contributed by atoms with van der Waals surface area (Å²) in [5, 5.41) is 10.9. The number of esters is 1. The molecule has 3 rings (SSSR count). The number of nitrogens with one attached hydrogen (secondary N) is 1. The standard InChI is InChI=1S/C20H15ClFN3O4S/c1-28-18(26)9-17-19(27)24-20(30-17)25-23-10-12-4-2-3-5-16(12)29-11-13-6-7-14(22)8-15(13)21/h2-10H,11H2,1H3,(H,24,25,27)/b17-9+,23-10?. The van der Waals surface area contributed by atoms with Gasteiger partial charge in [0, 0.05) is 17.2 Å². The van der Waals surface area contributed by atoms with E-state index in [1.165, 1.54) is 25.5 Å². The summed E-state index contributed by atoms with van der Waals surface area (Å²) in [7, 11) is 1.22. The van der Waals surface area contributed by atoms with Crippen molar-refractivity contribution in [2.75, 3.05) is 7.11 Å². The number of thioether (sulfide) groups is 1. The van der Waals surface area contributed by atoms with Crippen LogP contribution in [0.5, 0.6) is 5.75 Å². The first kappa shape index (κ1) is 21.5. The number of para-hydroxylation sites is 1. The van der Waals surface area contributed by atoms with Crippen molar-refractivity contribution in [3.63, 3.8) is 0 Å². The Morgan fingerprint density at radius 3 is 2.87 bits per heavy atom. The first-order valence-corrected chi connectivity index (χ1v) is 9.71. The largest absolute Gasteiger partial charge is 0.488 e. The van der Waals surface area contributed by atoms with Crippen LogP contribution >= 0.6 is 23.4 Å². The third-order valence-electron chi connectivity index (χ3n) is 3.76. The van der Waals surface area contributed by atoms with Crippen molar-refractivity contribution in [2.45, 2.75) is 6.61 Å². The van der Waals surface area contributed by atoms with E-state index in [2.05, 4.69) is 20.3 Å². The second-order valence-corrected chi connectivity index (χ2v) is 7.24. The second kappa shape index (κ2) is 10.0. The number of carbonyl (C=O) groups is 2. The molecule has 154 valence electrons. The van der Waals surface area contributed by atoms with Crippen molar-refractivity contribution in [3.8, 4) is 5.75 Å². The Morgan fingerprint density at radius 1 is 1.30 bits per heavy atom. The molecular weight excluding hydrogens is 433 g/mol. The lowest BCUT2D eigenvalue weighted by Crippen LogP contribution is -2.19. The molecule has 1 aliphatic rings. The number of hydrogen-bond acceptors (Lipinski definition) is 7. The van der Waals surface area contributed by atoms with E-state index in [9.17, 15) is 14.0 Å². The lowest BCUT2D eigenvalue weighted by atomic mass is 10.2. The van der Waals surface area contributed by atoms with Gasteiger partial charge in [-0.3, -0.25) is 10.1 Å². The summed E-state index contributed by atoms with van der Waals surface area (Å²) in [6.07, 6.45) is 2.54. The highest BCUT2D eigenvalue weighted by Crippen LogP contribution is 2.24. The van der Waals surface area contributed by atoms with E-state index >= 15 is 0 Å². The van der Waals surface area contributed by atoms with Gasteiger partial charge in [0.25, 0.3) is 5.91 Å². The number of amides is 1. The monoisotopic (exact) mass is 447 g/mol. The number of rotatable bonds is 6. The predicted octanol–water partition coefficient (Wildman–Crippen LogP) is 3.67. The van der Waals surface area contributed by atoms with Gasteiger partial charge in [-0.15, -0.1) is 5.10 Å². The van der Waals surface area contributed by atoms with Crippen LogP contribution in [0.1, 0.15) is 11.1 Å². The Kier molecular flexibility index (Phi) is 7.21. The fourth-order valence-electron chi connectivity index (χ4n) is 2.30. The lowest BCUT2D eigenvalue weighted by molar-refractivity contribution is -0.135. The van der Waals surface area contributed by atoms with Crippen LogP contribution in [0.3, 0.4) is 0 Å². The van der Waals surface area contributed by atoms with Crippen LogP contribution in [0.15, 0.2) is 63.6 Å². The van der Waals surface area contributed by atoms with Gasteiger partial charge in [0.05, 0.1) is 23.3 Å². The van der Waals surface area contributed by atoms with E-state index in [4.69, 9.17) is 16.3 Å². The smallest absolute Gasteiger partial charge is 0.331 e. The van der Waals surface area contributed by atoms with E-state index in [-0.39, 0.29) is 21.7 Å². The van der Waals surface area contributed by atoms with Crippen molar-refractivity contribution in [1.29, 1.82) is 0 Å². The minimum atomic E-state index is -0.635. The van der Waals surface area contributed by atoms with Gasteiger partial charge < -0.3 is 9.47 Å². The van der Waals surface area contributed by atoms with Crippen LogP contribution in [0.2, 0.25) is 5.02 Å². The minimum absolute atomic E-state index is 0.145. The second-order valence-electron chi connectivity index (χ2n) is 5.80.